The van der Waals surface area contributed by atoms with Crippen LogP contribution in [0.1, 0.15) is 88.5 Å². The lowest BCUT2D eigenvalue weighted by molar-refractivity contribution is -0.0287. The largest absolute Gasteiger partial charge is 0.494 e. The molecular weight excluding hydrogens is 716 g/mol. The number of aryl methyl sites for hydroxylation is 1. The normalized spacial score (nSPS) is 22.4. The van der Waals surface area contributed by atoms with Crippen molar-refractivity contribution in [1.29, 1.82) is 0 Å². The Morgan fingerprint density at radius 2 is 1.16 bits per heavy atom. The van der Waals surface area contributed by atoms with Crippen molar-refractivity contribution in [3.8, 4) is 11.5 Å². The molecule has 3 heterocycles. The molecule has 0 spiro atoms. The van der Waals surface area contributed by atoms with Crippen LogP contribution in [0.2, 0.25) is 0 Å². The smallest absolute Gasteiger partial charge is 0.343 e. The van der Waals surface area contributed by atoms with Gasteiger partial charge in [-0.1, -0.05) is 55.5 Å². The molecule has 7 rings (SSSR count). The number of ether oxygens (including phenoxy) is 8. The number of benzene rings is 4. The number of epoxide rings is 1. The van der Waals surface area contributed by atoms with Crippen molar-refractivity contribution in [3.63, 3.8) is 0 Å². The number of rotatable bonds is 19. The zero-order chi connectivity index (χ0) is 38.9. The predicted octanol–water partition coefficient (Wildman–Crippen LogP) is 7.83. The molecule has 3 saturated heterocycles. The Kier molecular flexibility index (Phi) is 13.0. The third-order valence-corrected chi connectivity index (χ3v) is 10.5. The summed E-state index contributed by atoms with van der Waals surface area (Å²) in [6, 6.07) is 24.5. The van der Waals surface area contributed by atoms with Gasteiger partial charge < -0.3 is 37.9 Å². The Balaban J connectivity index is 0.800. The summed E-state index contributed by atoms with van der Waals surface area (Å²) >= 11 is 0. The third kappa shape index (κ3) is 10.5. The van der Waals surface area contributed by atoms with E-state index in [1.807, 2.05) is 43.3 Å². The van der Waals surface area contributed by atoms with Crippen molar-refractivity contribution in [2.45, 2.75) is 88.8 Å². The van der Waals surface area contributed by atoms with E-state index in [9.17, 15) is 14.4 Å². The van der Waals surface area contributed by atoms with Gasteiger partial charge >= 0.3 is 17.9 Å². The van der Waals surface area contributed by atoms with Gasteiger partial charge in [-0.2, -0.15) is 0 Å². The highest BCUT2D eigenvalue weighted by molar-refractivity contribution is 5.97. The Morgan fingerprint density at radius 1 is 0.625 bits per heavy atom. The zero-order valence-electron chi connectivity index (χ0n) is 32.1. The molecule has 11 nitrogen and oxygen atoms in total. The van der Waals surface area contributed by atoms with E-state index < -0.39 is 42.3 Å². The van der Waals surface area contributed by atoms with E-state index in [1.54, 1.807) is 36.4 Å². The average Bonchev–Trinajstić information content (AvgIpc) is 3.61. The molecule has 0 radical (unpaired) electrons. The van der Waals surface area contributed by atoms with E-state index in [0.29, 0.717) is 17.7 Å². The molecule has 0 aliphatic carbocycles. The Labute approximate surface area is 327 Å². The Bertz CT molecular complexity index is 1950. The van der Waals surface area contributed by atoms with Crippen molar-refractivity contribution < 1.29 is 52.3 Å². The first-order valence-electron chi connectivity index (χ1n) is 19.7. The Morgan fingerprint density at radius 3 is 1.80 bits per heavy atom. The number of hydrogen-bond acceptors (Lipinski definition) is 11. The minimum absolute atomic E-state index is 0.0800. The highest BCUT2D eigenvalue weighted by Crippen LogP contribution is 2.32. The average molecular weight is 767 g/mol. The summed E-state index contributed by atoms with van der Waals surface area (Å²) in [5, 5.41) is 1.85. The molecule has 0 saturated carbocycles. The van der Waals surface area contributed by atoms with Crippen molar-refractivity contribution in [2.24, 2.45) is 0 Å². The minimum Gasteiger partial charge on any atom is -0.494 e. The molecule has 4 aromatic rings. The van der Waals surface area contributed by atoms with Gasteiger partial charge in [0.15, 0.2) is 12.2 Å². The van der Waals surface area contributed by atoms with Gasteiger partial charge in [0.25, 0.3) is 0 Å². The lowest BCUT2D eigenvalue weighted by Gasteiger charge is -2.17. The standard InChI is InChI=1S/C45H50O11/c1-30-9-11-31(12-10-30)42(46)55-38-27-51-41-39(28-52-40(38)41)56-43(47)32-15-18-36(19-16-32)54-44(48)35-14-13-34-26-37(20-17-33(34)25-35)50-23-8-6-4-3-5-7-22-49-24-21-45(2)29-53-45/h9-20,25-26,38-41H,3-8,21-24,27-29H2,1-2H3. The summed E-state index contributed by atoms with van der Waals surface area (Å²) in [6.45, 7) is 7.47. The first-order valence-corrected chi connectivity index (χ1v) is 19.7. The van der Waals surface area contributed by atoms with Crippen LogP contribution in [0.4, 0.5) is 0 Å². The quantitative estimate of drug-likeness (QED) is 0.0401. The summed E-state index contributed by atoms with van der Waals surface area (Å²) in [5.74, 6) is -0.464. The van der Waals surface area contributed by atoms with Gasteiger partial charge in [-0.3, -0.25) is 0 Å². The van der Waals surface area contributed by atoms with E-state index >= 15 is 0 Å². The summed E-state index contributed by atoms with van der Waals surface area (Å²) in [5.41, 5.74) is 2.24. The monoisotopic (exact) mass is 766 g/mol. The number of carbonyl (C=O) groups excluding carboxylic acids is 3. The molecule has 5 unspecified atom stereocenters. The highest BCUT2D eigenvalue weighted by atomic mass is 16.7. The third-order valence-electron chi connectivity index (χ3n) is 10.5. The first-order chi connectivity index (χ1) is 27.2. The first kappa shape index (κ1) is 39.4. The van der Waals surface area contributed by atoms with Gasteiger partial charge in [0.2, 0.25) is 0 Å². The van der Waals surface area contributed by atoms with Gasteiger partial charge in [0.05, 0.1) is 48.7 Å². The van der Waals surface area contributed by atoms with Gasteiger partial charge in [-0.05, 0) is 98.1 Å². The SMILES string of the molecule is Cc1ccc(C(=O)OC2COC3C(OC(=O)c4ccc(OC(=O)c5ccc6cc(OCCCCCCCCOCCC7(C)CO7)ccc6c5)cc4)COC23)cc1. The van der Waals surface area contributed by atoms with E-state index in [-0.39, 0.29) is 30.1 Å². The lowest BCUT2D eigenvalue weighted by atomic mass is 10.1. The molecule has 0 amide bonds. The maximum atomic E-state index is 13.0. The fourth-order valence-corrected chi connectivity index (χ4v) is 6.86. The summed E-state index contributed by atoms with van der Waals surface area (Å²) < 4.78 is 45.7. The van der Waals surface area contributed by atoms with Gasteiger partial charge in [-0.25, -0.2) is 14.4 Å². The molecule has 296 valence electrons. The van der Waals surface area contributed by atoms with Crippen LogP contribution >= 0.6 is 0 Å². The molecule has 11 heteroatoms. The van der Waals surface area contributed by atoms with Crippen molar-refractivity contribution >= 4 is 28.7 Å². The topological polar surface area (TPSA) is 128 Å². The van der Waals surface area contributed by atoms with Gasteiger partial charge in [0.1, 0.15) is 23.7 Å². The fourth-order valence-electron chi connectivity index (χ4n) is 6.86. The van der Waals surface area contributed by atoms with Crippen LogP contribution in [0.3, 0.4) is 0 Å². The molecular formula is C45H50O11. The van der Waals surface area contributed by atoms with E-state index in [2.05, 4.69) is 6.92 Å². The summed E-state index contributed by atoms with van der Waals surface area (Å²) in [7, 11) is 0. The summed E-state index contributed by atoms with van der Waals surface area (Å²) in [6.07, 6.45) is 5.43. The molecule has 3 aliphatic heterocycles. The van der Waals surface area contributed by atoms with Gasteiger partial charge in [0, 0.05) is 19.6 Å². The molecule has 56 heavy (non-hydrogen) atoms. The van der Waals surface area contributed by atoms with Crippen LogP contribution in [-0.4, -0.2) is 87.6 Å². The number of unbranched alkanes of at least 4 members (excludes halogenated alkanes) is 5. The number of carbonyl (C=O) groups is 3. The lowest BCUT2D eigenvalue weighted by Crippen LogP contribution is -2.36. The van der Waals surface area contributed by atoms with Crippen molar-refractivity contribution in [2.75, 3.05) is 39.6 Å². The molecule has 0 aromatic heterocycles. The van der Waals surface area contributed by atoms with E-state index in [4.69, 9.17) is 37.9 Å². The molecule has 5 atom stereocenters. The molecule has 4 aromatic carbocycles. The Hall–Kier alpha value is -4.81. The van der Waals surface area contributed by atoms with Crippen LogP contribution in [0, 0.1) is 6.92 Å². The van der Waals surface area contributed by atoms with Crippen molar-refractivity contribution in [3.05, 3.63) is 107 Å². The van der Waals surface area contributed by atoms with Crippen LogP contribution in [0.25, 0.3) is 10.8 Å². The second-order valence-corrected chi connectivity index (χ2v) is 15.1. The zero-order valence-corrected chi connectivity index (χ0v) is 32.1. The van der Waals surface area contributed by atoms with E-state index in [0.717, 1.165) is 67.6 Å². The molecule has 3 aliphatic rings. The molecule has 0 bridgehead atoms. The highest BCUT2D eigenvalue weighted by Gasteiger charge is 2.51. The van der Waals surface area contributed by atoms with E-state index in [1.165, 1.54) is 31.4 Å². The molecule has 3 fully saturated rings. The van der Waals surface area contributed by atoms with Crippen LogP contribution < -0.4 is 9.47 Å². The maximum Gasteiger partial charge on any atom is 0.343 e. The number of hydrogen-bond donors (Lipinski definition) is 0. The van der Waals surface area contributed by atoms with Crippen LogP contribution in [-0.2, 0) is 28.4 Å². The van der Waals surface area contributed by atoms with Crippen molar-refractivity contribution in [1.82, 2.24) is 0 Å². The van der Waals surface area contributed by atoms with Crippen LogP contribution in [0.15, 0.2) is 84.9 Å². The second kappa shape index (κ2) is 18.4. The second-order valence-electron chi connectivity index (χ2n) is 15.1. The van der Waals surface area contributed by atoms with Crippen LogP contribution in [0.5, 0.6) is 11.5 Å². The fraction of sp³-hybridized carbons (Fsp3) is 0.444. The number of fused-ring (bicyclic) bond motifs is 2. The molecule has 0 N–H and O–H groups in total. The number of esters is 3. The predicted molar refractivity (Wildman–Crippen MR) is 207 cm³/mol. The summed E-state index contributed by atoms with van der Waals surface area (Å²) in [4.78, 5) is 38.6. The maximum absolute atomic E-state index is 13.0. The van der Waals surface area contributed by atoms with Gasteiger partial charge in [-0.15, -0.1) is 0 Å². The minimum atomic E-state index is -0.665.